The van der Waals surface area contributed by atoms with Crippen LogP contribution in [0.3, 0.4) is 0 Å². The molecule has 2 aliphatic heterocycles. The molecule has 120 valence electrons. The average Bonchev–Trinajstić information content (AvgIpc) is 2.97. The SMILES string of the molecule is CCCCCCCC(=O)OC1C(O)COC12COC(=O)C2. The van der Waals surface area contributed by atoms with Crippen LogP contribution in [0.25, 0.3) is 0 Å². The summed E-state index contributed by atoms with van der Waals surface area (Å²) in [6.07, 6.45) is 3.88. The van der Waals surface area contributed by atoms with Crippen LogP contribution in [0.5, 0.6) is 0 Å². The van der Waals surface area contributed by atoms with E-state index in [-0.39, 0.29) is 31.6 Å². The van der Waals surface area contributed by atoms with Crippen molar-refractivity contribution in [3.05, 3.63) is 0 Å². The Morgan fingerprint density at radius 3 is 2.81 bits per heavy atom. The zero-order chi connectivity index (χ0) is 15.3. The van der Waals surface area contributed by atoms with Gasteiger partial charge < -0.3 is 19.3 Å². The molecule has 2 saturated heterocycles. The number of unbranched alkanes of at least 4 members (excludes halogenated alkanes) is 4. The zero-order valence-corrected chi connectivity index (χ0v) is 12.5. The van der Waals surface area contributed by atoms with Crippen molar-refractivity contribution in [3.63, 3.8) is 0 Å². The Morgan fingerprint density at radius 1 is 1.38 bits per heavy atom. The van der Waals surface area contributed by atoms with Gasteiger partial charge in [-0.3, -0.25) is 9.59 Å². The van der Waals surface area contributed by atoms with Gasteiger partial charge in [-0.05, 0) is 6.42 Å². The van der Waals surface area contributed by atoms with E-state index in [0.29, 0.717) is 6.42 Å². The van der Waals surface area contributed by atoms with E-state index in [1.807, 2.05) is 0 Å². The summed E-state index contributed by atoms with van der Waals surface area (Å²) in [4.78, 5) is 23.2. The van der Waals surface area contributed by atoms with Crippen LogP contribution in [-0.4, -0.2) is 48.1 Å². The highest BCUT2D eigenvalue weighted by Crippen LogP contribution is 2.37. The first-order valence-corrected chi connectivity index (χ1v) is 7.74. The molecule has 0 aromatic rings. The van der Waals surface area contributed by atoms with Gasteiger partial charge in [0, 0.05) is 6.42 Å². The summed E-state index contributed by atoms with van der Waals surface area (Å²) in [5.74, 6) is -0.732. The minimum Gasteiger partial charge on any atom is -0.462 e. The minimum atomic E-state index is -0.992. The monoisotopic (exact) mass is 300 g/mol. The van der Waals surface area contributed by atoms with E-state index in [2.05, 4.69) is 6.92 Å². The average molecular weight is 300 g/mol. The Morgan fingerprint density at radius 2 is 2.14 bits per heavy atom. The fourth-order valence-electron chi connectivity index (χ4n) is 2.86. The number of carbonyl (C=O) groups excluding carboxylic acids is 2. The molecule has 0 aromatic carbocycles. The van der Waals surface area contributed by atoms with E-state index >= 15 is 0 Å². The van der Waals surface area contributed by atoms with E-state index in [1.54, 1.807) is 0 Å². The van der Waals surface area contributed by atoms with Crippen molar-refractivity contribution >= 4 is 11.9 Å². The molecule has 1 spiro atoms. The van der Waals surface area contributed by atoms with Crippen LogP contribution in [0.1, 0.15) is 51.9 Å². The molecule has 3 atom stereocenters. The molecule has 0 radical (unpaired) electrons. The number of hydrogen-bond acceptors (Lipinski definition) is 6. The molecule has 0 aliphatic carbocycles. The number of cyclic esters (lactones) is 1. The molecule has 0 aromatic heterocycles. The number of rotatable bonds is 7. The standard InChI is InChI=1S/C15H24O6/c1-2-3-4-5-6-7-12(17)21-14-11(16)9-20-15(14)8-13(18)19-10-15/h11,14,16H,2-10H2,1H3. The molecule has 6 nitrogen and oxygen atoms in total. The Labute approximate surface area is 124 Å². The minimum absolute atomic E-state index is 0.0263. The Kier molecular flexibility index (Phi) is 5.58. The quantitative estimate of drug-likeness (QED) is 0.564. The first kappa shape index (κ1) is 16.2. The molecular weight excluding hydrogens is 276 g/mol. The van der Waals surface area contributed by atoms with Crippen LogP contribution in [0.4, 0.5) is 0 Å². The summed E-state index contributed by atoms with van der Waals surface area (Å²) >= 11 is 0. The summed E-state index contributed by atoms with van der Waals surface area (Å²) in [6, 6.07) is 0. The normalized spacial score (nSPS) is 31.6. The Balaban J connectivity index is 1.80. The van der Waals surface area contributed by atoms with Gasteiger partial charge in [0.15, 0.2) is 11.7 Å². The lowest BCUT2D eigenvalue weighted by atomic mass is 9.94. The number of aliphatic hydroxyl groups excluding tert-OH is 1. The number of carbonyl (C=O) groups is 2. The summed E-state index contributed by atoms with van der Waals surface area (Å²) in [5, 5.41) is 9.92. The van der Waals surface area contributed by atoms with Crippen molar-refractivity contribution in [1.82, 2.24) is 0 Å². The van der Waals surface area contributed by atoms with Crippen molar-refractivity contribution in [3.8, 4) is 0 Å². The van der Waals surface area contributed by atoms with E-state index in [9.17, 15) is 14.7 Å². The second-order valence-electron chi connectivity index (χ2n) is 5.86. The van der Waals surface area contributed by atoms with Gasteiger partial charge in [0.1, 0.15) is 12.7 Å². The van der Waals surface area contributed by atoms with E-state index in [1.165, 1.54) is 6.42 Å². The lowest BCUT2D eigenvalue weighted by Crippen LogP contribution is -2.46. The Bertz CT molecular complexity index is 382. The third-order valence-electron chi connectivity index (χ3n) is 4.07. The topological polar surface area (TPSA) is 82.1 Å². The van der Waals surface area contributed by atoms with Crippen molar-refractivity contribution in [2.45, 2.75) is 69.7 Å². The summed E-state index contributed by atoms with van der Waals surface area (Å²) in [6.45, 7) is 2.24. The number of hydrogen-bond donors (Lipinski definition) is 1. The van der Waals surface area contributed by atoms with Crippen molar-refractivity contribution in [1.29, 1.82) is 0 Å². The van der Waals surface area contributed by atoms with Gasteiger partial charge in [-0.25, -0.2) is 0 Å². The third kappa shape index (κ3) is 3.95. The van der Waals surface area contributed by atoms with Crippen LogP contribution >= 0.6 is 0 Å². The molecule has 2 fully saturated rings. The predicted octanol–water partition coefficient (Wildman–Crippen LogP) is 1.34. The van der Waals surface area contributed by atoms with Crippen molar-refractivity contribution in [2.24, 2.45) is 0 Å². The molecule has 2 aliphatic rings. The number of ether oxygens (including phenoxy) is 3. The van der Waals surface area contributed by atoms with Crippen molar-refractivity contribution in [2.75, 3.05) is 13.2 Å². The highest BCUT2D eigenvalue weighted by atomic mass is 16.6. The van der Waals surface area contributed by atoms with Crippen LogP contribution in [0.15, 0.2) is 0 Å². The van der Waals surface area contributed by atoms with Gasteiger partial charge in [0.05, 0.1) is 13.0 Å². The molecule has 0 amide bonds. The molecule has 0 saturated carbocycles. The molecule has 2 heterocycles. The lowest BCUT2D eigenvalue weighted by Gasteiger charge is -2.27. The molecule has 2 rings (SSSR count). The first-order chi connectivity index (χ1) is 10.1. The molecule has 1 N–H and O–H groups in total. The molecule has 6 heteroatoms. The summed E-state index contributed by atoms with van der Waals surface area (Å²) in [5.41, 5.74) is -0.992. The first-order valence-electron chi connectivity index (χ1n) is 7.74. The molecule has 3 unspecified atom stereocenters. The highest BCUT2D eigenvalue weighted by molar-refractivity contribution is 5.74. The van der Waals surface area contributed by atoms with Gasteiger partial charge >= 0.3 is 11.9 Å². The predicted molar refractivity (Wildman–Crippen MR) is 73.5 cm³/mol. The zero-order valence-electron chi connectivity index (χ0n) is 12.5. The van der Waals surface area contributed by atoms with Gasteiger partial charge in [-0.15, -0.1) is 0 Å². The largest absolute Gasteiger partial charge is 0.462 e. The second-order valence-corrected chi connectivity index (χ2v) is 5.86. The fourth-order valence-corrected chi connectivity index (χ4v) is 2.86. The van der Waals surface area contributed by atoms with E-state index < -0.39 is 17.8 Å². The van der Waals surface area contributed by atoms with E-state index in [0.717, 1.165) is 25.7 Å². The molecular formula is C15H24O6. The molecule has 21 heavy (non-hydrogen) atoms. The van der Waals surface area contributed by atoms with Gasteiger partial charge in [-0.1, -0.05) is 32.6 Å². The van der Waals surface area contributed by atoms with Gasteiger partial charge in [-0.2, -0.15) is 0 Å². The highest BCUT2D eigenvalue weighted by Gasteiger charge is 2.57. The maximum Gasteiger partial charge on any atom is 0.309 e. The maximum absolute atomic E-state index is 11.9. The lowest BCUT2D eigenvalue weighted by molar-refractivity contribution is -0.163. The Hall–Kier alpha value is -1.14. The second kappa shape index (κ2) is 7.22. The molecule has 0 bridgehead atoms. The van der Waals surface area contributed by atoms with Gasteiger partial charge in [0.2, 0.25) is 0 Å². The summed E-state index contributed by atoms with van der Waals surface area (Å²) < 4.78 is 15.8. The van der Waals surface area contributed by atoms with Crippen LogP contribution in [-0.2, 0) is 23.8 Å². The third-order valence-corrected chi connectivity index (χ3v) is 4.07. The van der Waals surface area contributed by atoms with E-state index in [4.69, 9.17) is 14.2 Å². The number of esters is 2. The number of aliphatic hydroxyl groups is 1. The van der Waals surface area contributed by atoms with Crippen molar-refractivity contribution < 1.29 is 28.9 Å². The van der Waals surface area contributed by atoms with Crippen LogP contribution in [0.2, 0.25) is 0 Å². The smallest absolute Gasteiger partial charge is 0.309 e. The van der Waals surface area contributed by atoms with Crippen LogP contribution < -0.4 is 0 Å². The maximum atomic E-state index is 11.9. The van der Waals surface area contributed by atoms with Gasteiger partial charge in [0.25, 0.3) is 0 Å². The summed E-state index contributed by atoms with van der Waals surface area (Å²) in [7, 11) is 0. The fraction of sp³-hybridized carbons (Fsp3) is 0.867. The van der Waals surface area contributed by atoms with Crippen LogP contribution in [0, 0.1) is 0 Å².